The Kier molecular flexibility index (Phi) is 4.32. The van der Waals surface area contributed by atoms with Gasteiger partial charge in [-0.1, -0.05) is 47.1 Å². The van der Waals surface area contributed by atoms with E-state index in [2.05, 4.69) is 47.6 Å². The molecule has 10 atom stereocenters. The van der Waals surface area contributed by atoms with Gasteiger partial charge in [-0.15, -0.1) is 0 Å². The number of allylic oxidation sites excluding steroid dienone is 1. The monoisotopic (exact) mass is 402 g/mol. The molecule has 0 bridgehead atoms. The standard InChI is InChI=1S/C26H42O3/c1-15-16-8-9-18-25(5)13-10-17-23(2,3)11-7-12-24(17,4)19(25)14-20(27)26(18,6)21(16)22(28)29-15/h8,15,17-22,27-28H,7,9-14H2,1-6H3. The molecule has 0 aromatic carbocycles. The van der Waals surface area contributed by atoms with E-state index in [9.17, 15) is 10.2 Å². The van der Waals surface area contributed by atoms with Crippen molar-refractivity contribution in [2.75, 3.05) is 0 Å². The Morgan fingerprint density at radius 1 is 0.931 bits per heavy atom. The van der Waals surface area contributed by atoms with E-state index >= 15 is 0 Å². The minimum Gasteiger partial charge on any atom is -0.393 e. The van der Waals surface area contributed by atoms with Crippen molar-refractivity contribution in [1.82, 2.24) is 0 Å². The molecule has 4 fully saturated rings. The van der Waals surface area contributed by atoms with Crippen molar-refractivity contribution in [3.8, 4) is 0 Å². The third kappa shape index (κ3) is 2.42. The van der Waals surface area contributed by atoms with E-state index in [-0.39, 0.29) is 29.0 Å². The number of hydrogen-bond donors (Lipinski definition) is 2. The molecule has 1 saturated heterocycles. The summed E-state index contributed by atoms with van der Waals surface area (Å²) in [6, 6.07) is 0. The molecule has 4 aliphatic carbocycles. The Hall–Kier alpha value is -0.380. The van der Waals surface area contributed by atoms with Gasteiger partial charge in [0.1, 0.15) is 0 Å². The van der Waals surface area contributed by atoms with Crippen molar-refractivity contribution in [3.63, 3.8) is 0 Å². The molecule has 1 heterocycles. The third-order valence-corrected chi connectivity index (χ3v) is 11.3. The molecule has 3 saturated carbocycles. The molecule has 29 heavy (non-hydrogen) atoms. The average molecular weight is 403 g/mol. The van der Waals surface area contributed by atoms with E-state index in [0.29, 0.717) is 22.7 Å². The van der Waals surface area contributed by atoms with Crippen LogP contribution in [0.1, 0.15) is 86.5 Å². The van der Waals surface area contributed by atoms with Gasteiger partial charge in [-0.3, -0.25) is 0 Å². The molecule has 0 aromatic heterocycles. The van der Waals surface area contributed by atoms with Crippen LogP contribution in [-0.4, -0.2) is 28.7 Å². The summed E-state index contributed by atoms with van der Waals surface area (Å²) in [5, 5.41) is 22.5. The largest absolute Gasteiger partial charge is 0.393 e. The topological polar surface area (TPSA) is 49.7 Å². The minimum absolute atomic E-state index is 0.0297. The number of ether oxygens (including phenoxy) is 1. The van der Waals surface area contributed by atoms with Crippen LogP contribution in [0.3, 0.4) is 0 Å². The fourth-order valence-electron chi connectivity index (χ4n) is 10.0. The Balaban J connectivity index is 1.59. The van der Waals surface area contributed by atoms with Crippen LogP contribution >= 0.6 is 0 Å². The van der Waals surface area contributed by atoms with Crippen molar-refractivity contribution in [2.24, 2.45) is 45.3 Å². The quantitative estimate of drug-likeness (QED) is 0.540. The first-order valence-electron chi connectivity index (χ1n) is 12.2. The predicted octanol–water partition coefficient (Wildman–Crippen LogP) is 5.31. The Bertz CT molecular complexity index is 727. The summed E-state index contributed by atoms with van der Waals surface area (Å²) in [6.45, 7) is 14.4. The van der Waals surface area contributed by atoms with Crippen LogP contribution < -0.4 is 0 Å². The van der Waals surface area contributed by atoms with Gasteiger partial charge in [0.15, 0.2) is 6.29 Å². The maximum absolute atomic E-state index is 11.7. The highest BCUT2D eigenvalue weighted by Crippen LogP contribution is 2.73. The maximum atomic E-state index is 11.7. The van der Waals surface area contributed by atoms with Crippen molar-refractivity contribution in [2.45, 2.75) is 105 Å². The normalized spacial score (nSPS) is 58.5. The molecule has 5 rings (SSSR count). The van der Waals surface area contributed by atoms with E-state index < -0.39 is 6.29 Å². The van der Waals surface area contributed by atoms with Gasteiger partial charge < -0.3 is 14.9 Å². The van der Waals surface area contributed by atoms with Crippen molar-refractivity contribution < 1.29 is 14.9 Å². The summed E-state index contributed by atoms with van der Waals surface area (Å²) in [7, 11) is 0. The van der Waals surface area contributed by atoms with Gasteiger partial charge >= 0.3 is 0 Å². The molecule has 0 aromatic rings. The lowest BCUT2D eigenvalue weighted by molar-refractivity contribution is -0.248. The fraction of sp³-hybridized carbons (Fsp3) is 0.923. The molecule has 3 heteroatoms. The first-order chi connectivity index (χ1) is 13.5. The molecular formula is C26H42O3. The fourth-order valence-corrected chi connectivity index (χ4v) is 10.0. The van der Waals surface area contributed by atoms with Crippen LogP contribution in [0.15, 0.2) is 11.6 Å². The Labute approximate surface area is 177 Å². The van der Waals surface area contributed by atoms with Crippen LogP contribution in [0.2, 0.25) is 0 Å². The van der Waals surface area contributed by atoms with E-state index in [1.165, 1.54) is 37.7 Å². The zero-order valence-corrected chi connectivity index (χ0v) is 19.4. The third-order valence-electron chi connectivity index (χ3n) is 11.3. The van der Waals surface area contributed by atoms with Gasteiger partial charge in [0.25, 0.3) is 0 Å². The van der Waals surface area contributed by atoms with Crippen LogP contribution in [0, 0.1) is 45.3 Å². The van der Waals surface area contributed by atoms with Gasteiger partial charge in [-0.05, 0) is 85.0 Å². The number of hydrogen-bond acceptors (Lipinski definition) is 3. The SMILES string of the molecule is CC1OC(O)C2C1=CCC1C3(C)CCC4C(C)(C)CCCC4(C)C3CC(O)C21C. The summed E-state index contributed by atoms with van der Waals surface area (Å²) in [4.78, 5) is 0. The summed E-state index contributed by atoms with van der Waals surface area (Å²) < 4.78 is 5.85. The molecule has 0 amide bonds. The number of fused-ring (bicyclic) bond motifs is 7. The van der Waals surface area contributed by atoms with Crippen LogP contribution in [0.5, 0.6) is 0 Å². The Morgan fingerprint density at radius 3 is 2.34 bits per heavy atom. The zero-order chi connectivity index (χ0) is 21.0. The highest BCUT2D eigenvalue weighted by molar-refractivity contribution is 5.29. The highest BCUT2D eigenvalue weighted by Gasteiger charge is 2.69. The molecule has 10 unspecified atom stereocenters. The molecule has 1 aliphatic heterocycles. The smallest absolute Gasteiger partial charge is 0.162 e. The maximum Gasteiger partial charge on any atom is 0.162 e. The van der Waals surface area contributed by atoms with Crippen molar-refractivity contribution in [1.29, 1.82) is 0 Å². The number of aliphatic hydroxyl groups is 2. The lowest BCUT2D eigenvalue weighted by Crippen LogP contribution is -2.66. The average Bonchev–Trinajstić information content (AvgIpc) is 2.91. The van der Waals surface area contributed by atoms with Gasteiger partial charge in [-0.2, -0.15) is 0 Å². The zero-order valence-electron chi connectivity index (χ0n) is 19.4. The lowest BCUT2D eigenvalue weighted by atomic mass is 9.34. The molecular weight excluding hydrogens is 360 g/mol. The summed E-state index contributed by atoms with van der Waals surface area (Å²) >= 11 is 0. The van der Waals surface area contributed by atoms with Gasteiger partial charge in [0, 0.05) is 11.3 Å². The van der Waals surface area contributed by atoms with E-state index in [1.807, 2.05) is 0 Å². The van der Waals surface area contributed by atoms with Crippen LogP contribution in [0.4, 0.5) is 0 Å². The predicted molar refractivity (Wildman–Crippen MR) is 115 cm³/mol. The van der Waals surface area contributed by atoms with E-state index in [0.717, 1.165) is 18.8 Å². The first-order valence-corrected chi connectivity index (χ1v) is 12.2. The number of aliphatic hydroxyl groups excluding tert-OH is 2. The van der Waals surface area contributed by atoms with Crippen molar-refractivity contribution >= 4 is 0 Å². The molecule has 3 nitrogen and oxygen atoms in total. The van der Waals surface area contributed by atoms with Crippen LogP contribution in [0.25, 0.3) is 0 Å². The van der Waals surface area contributed by atoms with E-state index in [1.54, 1.807) is 0 Å². The lowest BCUT2D eigenvalue weighted by Gasteiger charge is -2.70. The number of rotatable bonds is 0. The molecule has 5 aliphatic rings. The molecule has 2 N–H and O–H groups in total. The highest BCUT2D eigenvalue weighted by atomic mass is 16.6. The van der Waals surface area contributed by atoms with Gasteiger partial charge in [0.05, 0.1) is 12.2 Å². The molecule has 164 valence electrons. The van der Waals surface area contributed by atoms with Crippen molar-refractivity contribution in [3.05, 3.63) is 11.6 Å². The summed E-state index contributed by atoms with van der Waals surface area (Å²) in [5.41, 5.74) is 1.88. The van der Waals surface area contributed by atoms with Gasteiger partial charge in [0.2, 0.25) is 0 Å². The second-order valence-corrected chi connectivity index (χ2v) is 12.8. The molecule has 0 spiro atoms. The summed E-state index contributed by atoms with van der Waals surface area (Å²) in [6.07, 6.45) is 9.65. The van der Waals surface area contributed by atoms with E-state index in [4.69, 9.17) is 4.74 Å². The van der Waals surface area contributed by atoms with Gasteiger partial charge in [-0.25, -0.2) is 0 Å². The Morgan fingerprint density at radius 2 is 1.62 bits per heavy atom. The second kappa shape index (κ2) is 6.11. The summed E-state index contributed by atoms with van der Waals surface area (Å²) in [5.74, 6) is 1.67. The minimum atomic E-state index is -0.778. The molecule has 0 radical (unpaired) electrons. The van der Waals surface area contributed by atoms with Crippen LogP contribution in [-0.2, 0) is 4.74 Å². The first kappa shape index (κ1) is 20.5. The second-order valence-electron chi connectivity index (χ2n) is 12.8.